The molecular formula is C7H18N2O4. The lowest BCUT2D eigenvalue weighted by Gasteiger charge is -2.16. The fourth-order valence-electron chi connectivity index (χ4n) is 0.571. The Bertz CT molecular complexity index is 129. The molecule has 0 rings (SSSR count). The molecule has 0 amide bonds. The van der Waals surface area contributed by atoms with E-state index < -0.39 is 10.7 Å². The van der Waals surface area contributed by atoms with Crippen molar-refractivity contribution in [1.82, 2.24) is 5.32 Å². The molecule has 6 heteroatoms. The maximum atomic E-state index is 9.18. The van der Waals surface area contributed by atoms with Gasteiger partial charge in [-0.05, 0) is 26.8 Å². The highest BCUT2D eigenvalue weighted by molar-refractivity contribution is 4.67. The molecule has 0 saturated heterocycles. The summed E-state index contributed by atoms with van der Waals surface area (Å²) in [6.07, 6.45) is 1.12. The van der Waals surface area contributed by atoms with Gasteiger partial charge >= 0.3 is 0 Å². The molecule has 0 aliphatic carbocycles. The van der Waals surface area contributed by atoms with E-state index in [2.05, 4.69) is 12.2 Å². The monoisotopic (exact) mass is 194 g/mol. The summed E-state index contributed by atoms with van der Waals surface area (Å²) in [6.45, 7) is 7.38. The molecule has 0 aliphatic rings. The molecule has 0 unspecified atom stereocenters. The first-order valence-corrected chi connectivity index (χ1v) is 4.06. The Kier molecular flexibility index (Phi) is 8.73. The quantitative estimate of drug-likeness (QED) is 0.342. The number of aliphatic hydroxyl groups is 1. The van der Waals surface area contributed by atoms with Gasteiger partial charge in [-0.1, -0.05) is 6.92 Å². The largest absolute Gasteiger partial charge is 0.389 e. The Balaban J connectivity index is 0. The first-order valence-electron chi connectivity index (χ1n) is 4.06. The van der Waals surface area contributed by atoms with Gasteiger partial charge in [0.05, 0.1) is 5.60 Å². The number of nitrogens with zero attached hydrogens (tertiary/aromatic N) is 1. The van der Waals surface area contributed by atoms with Crippen LogP contribution in [-0.4, -0.2) is 34.1 Å². The third-order valence-corrected chi connectivity index (χ3v) is 0.984. The zero-order valence-electron chi connectivity index (χ0n) is 8.28. The second kappa shape index (κ2) is 7.75. The van der Waals surface area contributed by atoms with Crippen LogP contribution in [0.4, 0.5) is 0 Å². The Labute approximate surface area is 77.7 Å². The normalized spacial score (nSPS) is 10.2. The summed E-state index contributed by atoms with van der Waals surface area (Å²) in [5.41, 5.74) is -0.560. The van der Waals surface area contributed by atoms with E-state index in [0.717, 1.165) is 13.0 Å². The van der Waals surface area contributed by atoms with Crippen molar-refractivity contribution in [3.05, 3.63) is 10.1 Å². The van der Waals surface area contributed by atoms with E-state index in [9.17, 15) is 5.11 Å². The van der Waals surface area contributed by atoms with E-state index in [1.807, 2.05) is 0 Å². The fourth-order valence-corrected chi connectivity index (χ4v) is 0.571. The molecule has 0 atom stereocenters. The van der Waals surface area contributed by atoms with Crippen LogP contribution < -0.4 is 5.32 Å². The molecule has 0 heterocycles. The summed E-state index contributed by atoms with van der Waals surface area (Å²) in [5.74, 6) is 0. The smallest absolute Gasteiger partial charge is 0.291 e. The van der Waals surface area contributed by atoms with E-state index in [0.29, 0.717) is 6.54 Å². The standard InChI is InChI=1S/C7H17NO.HNO3/c1-4-5-8-6-7(2,3)9;2-1(3)4/h8-9H,4-6H2,1-3H3;(H,2,3,4). The number of hydrogen-bond donors (Lipinski definition) is 3. The van der Waals surface area contributed by atoms with Gasteiger partial charge in [0, 0.05) is 6.54 Å². The zero-order chi connectivity index (χ0) is 10.9. The third-order valence-electron chi connectivity index (χ3n) is 0.984. The van der Waals surface area contributed by atoms with E-state index in [1.54, 1.807) is 13.8 Å². The van der Waals surface area contributed by atoms with Crippen molar-refractivity contribution in [2.75, 3.05) is 13.1 Å². The molecule has 0 saturated carbocycles. The lowest BCUT2D eigenvalue weighted by atomic mass is 10.1. The Hall–Kier alpha value is -0.880. The molecule has 0 radical (unpaired) electrons. The number of hydrogen-bond acceptors (Lipinski definition) is 4. The van der Waals surface area contributed by atoms with Gasteiger partial charge < -0.3 is 15.6 Å². The summed E-state index contributed by atoms with van der Waals surface area (Å²) in [4.78, 5) is 8.36. The van der Waals surface area contributed by atoms with Gasteiger partial charge in [0.2, 0.25) is 0 Å². The molecule has 80 valence electrons. The van der Waals surface area contributed by atoms with Crippen molar-refractivity contribution >= 4 is 0 Å². The molecule has 0 fully saturated rings. The van der Waals surface area contributed by atoms with Crippen molar-refractivity contribution in [3.63, 3.8) is 0 Å². The Morgan fingerprint density at radius 3 is 2.15 bits per heavy atom. The average molecular weight is 194 g/mol. The van der Waals surface area contributed by atoms with Crippen LogP contribution in [-0.2, 0) is 0 Å². The van der Waals surface area contributed by atoms with Crippen LogP contribution in [0.3, 0.4) is 0 Å². The maximum Gasteiger partial charge on any atom is 0.291 e. The molecular weight excluding hydrogens is 176 g/mol. The van der Waals surface area contributed by atoms with Crippen molar-refractivity contribution in [3.8, 4) is 0 Å². The van der Waals surface area contributed by atoms with Crippen LogP contribution in [0.15, 0.2) is 0 Å². The van der Waals surface area contributed by atoms with E-state index in [1.165, 1.54) is 0 Å². The molecule has 0 spiro atoms. The predicted molar refractivity (Wildman–Crippen MR) is 48.2 cm³/mol. The van der Waals surface area contributed by atoms with Crippen LogP contribution in [0.1, 0.15) is 27.2 Å². The van der Waals surface area contributed by atoms with Crippen molar-refractivity contribution in [2.24, 2.45) is 0 Å². The van der Waals surface area contributed by atoms with Gasteiger partial charge in [-0.3, -0.25) is 0 Å². The maximum absolute atomic E-state index is 9.18. The van der Waals surface area contributed by atoms with E-state index in [-0.39, 0.29) is 0 Å². The Morgan fingerprint density at radius 2 is 1.92 bits per heavy atom. The summed E-state index contributed by atoms with van der Waals surface area (Å²) in [7, 11) is 0. The molecule has 3 N–H and O–H groups in total. The first kappa shape index (κ1) is 14.6. The summed E-state index contributed by atoms with van der Waals surface area (Å²) in [5, 5.41) is 25.9. The van der Waals surface area contributed by atoms with Crippen LogP contribution in [0.25, 0.3) is 0 Å². The topological polar surface area (TPSA) is 95.6 Å². The van der Waals surface area contributed by atoms with Gasteiger partial charge in [0.25, 0.3) is 5.09 Å². The molecule has 0 aliphatic heterocycles. The van der Waals surface area contributed by atoms with Crippen LogP contribution in [0.2, 0.25) is 0 Å². The fraction of sp³-hybridized carbons (Fsp3) is 1.00. The molecule has 0 aromatic carbocycles. The van der Waals surface area contributed by atoms with Gasteiger partial charge in [0.15, 0.2) is 0 Å². The number of nitrogens with one attached hydrogen (secondary N) is 1. The zero-order valence-corrected chi connectivity index (χ0v) is 8.28. The van der Waals surface area contributed by atoms with Crippen molar-refractivity contribution in [2.45, 2.75) is 32.8 Å². The predicted octanol–water partition coefficient (Wildman–Crippen LogP) is 0.409. The minimum Gasteiger partial charge on any atom is -0.389 e. The average Bonchev–Trinajstić information content (AvgIpc) is 1.83. The lowest BCUT2D eigenvalue weighted by molar-refractivity contribution is -0.742. The van der Waals surface area contributed by atoms with Crippen LogP contribution in [0, 0.1) is 10.1 Å². The minimum absolute atomic E-state index is 0.560. The molecule has 6 nitrogen and oxygen atoms in total. The number of rotatable bonds is 4. The minimum atomic E-state index is -1.50. The molecule has 0 bridgehead atoms. The van der Waals surface area contributed by atoms with Crippen molar-refractivity contribution < 1.29 is 15.4 Å². The van der Waals surface area contributed by atoms with E-state index >= 15 is 0 Å². The highest BCUT2D eigenvalue weighted by Crippen LogP contribution is 1.96. The van der Waals surface area contributed by atoms with E-state index in [4.69, 9.17) is 15.3 Å². The van der Waals surface area contributed by atoms with Crippen LogP contribution in [0.5, 0.6) is 0 Å². The van der Waals surface area contributed by atoms with Crippen molar-refractivity contribution in [1.29, 1.82) is 0 Å². The SMILES string of the molecule is CCCNCC(C)(C)O.O=[N+]([O-])O. The highest BCUT2D eigenvalue weighted by atomic mass is 16.9. The second-order valence-corrected chi connectivity index (χ2v) is 3.23. The lowest BCUT2D eigenvalue weighted by Crippen LogP contribution is -2.34. The summed E-state index contributed by atoms with van der Waals surface area (Å²) >= 11 is 0. The molecule has 0 aromatic rings. The highest BCUT2D eigenvalue weighted by Gasteiger charge is 2.09. The van der Waals surface area contributed by atoms with Gasteiger partial charge in [-0.2, -0.15) is 0 Å². The Morgan fingerprint density at radius 1 is 1.54 bits per heavy atom. The van der Waals surface area contributed by atoms with Gasteiger partial charge in [-0.15, -0.1) is 10.1 Å². The van der Waals surface area contributed by atoms with Gasteiger partial charge in [0.1, 0.15) is 0 Å². The van der Waals surface area contributed by atoms with Gasteiger partial charge in [-0.25, -0.2) is 0 Å². The second-order valence-electron chi connectivity index (χ2n) is 3.23. The van der Waals surface area contributed by atoms with Crippen LogP contribution >= 0.6 is 0 Å². The first-order chi connectivity index (χ1) is 5.79. The summed E-state index contributed by atoms with van der Waals surface area (Å²) < 4.78 is 0. The molecule has 13 heavy (non-hydrogen) atoms. The summed E-state index contributed by atoms with van der Waals surface area (Å²) in [6, 6.07) is 0. The molecule has 0 aromatic heterocycles. The third kappa shape index (κ3) is 35.3.